The molecule has 1 aromatic heterocycles. The maximum atomic E-state index is 14.8. The highest BCUT2D eigenvalue weighted by atomic mass is 32.2. The molecule has 0 saturated heterocycles. The number of aromatic nitrogens is 2. The molecule has 0 spiro atoms. The Bertz CT molecular complexity index is 1560. The van der Waals surface area contributed by atoms with Crippen molar-refractivity contribution in [3.63, 3.8) is 0 Å². The summed E-state index contributed by atoms with van der Waals surface area (Å²) < 4.78 is 68.0. The van der Waals surface area contributed by atoms with E-state index in [1.807, 2.05) is 6.08 Å². The molecule has 0 aliphatic carbocycles. The molecule has 0 unspecified atom stereocenters. The Morgan fingerprint density at radius 2 is 1.82 bits per heavy atom. The van der Waals surface area contributed by atoms with E-state index in [1.165, 1.54) is 24.3 Å². The quantitative estimate of drug-likeness (QED) is 0.473. The van der Waals surface area contributed by atoms with Gasteiger partial charge in [0.25, 0.3) is 0 Å². The normalized spacial score (nSPS) is 16.5. The number of benzene rings is 2. The molecule has 0 atom stereocenters. The number of anilines is 3. The van der Waals surface area contributed by atoms with Gasteiger partial charge in [0.05, 0.1) is 23.6 Å². The summed E-state index contributed by atoms with van der Waals surface area (Å²) in [7, 11) is -3.72. The molecule has 0 saturated carbocycles. The molecule has 12 heteroatoms. The minimum atomic E-state index is -3.72. The Kier molecular flexibility index (Phi) is 6.82. The SMILES string of the molecule is O=C(O)Cc1ccc(Nc2nc(N3CC=C(c4cc(F)cc(F)c4)CC3)nc3c2S(=O)(=O)CCC3)c(F)c1. The number of nitrogens with zero attached hydrogens (tertiary/aromatic N) is 3. The lowest BCUT2D eigenvalue weighted by Gasteiger charge is -2.29. The lowest BCUT2D eigenvalue weighted by atomic mass is 9.99. The summed E-state index contributed by atoms with van der Waals surface area (Å²) >= 11 is 0. The van der Waals surface area contributed by atoms with E-state index < -0.39 is 33.3 Å². The minimum Gasteiger partial charge on any atom is -0.481 e. The van der Waals surface area contributed by atoms with Crippen LogP contribution in [0, 0.1) is 17.5 Å². The summed E-state index contributed by atoms with van der Waals surface area (Å²) in [6.07, 6.45) is 2.69. The average molecular weight is 545 g/mol. The van der Waals surface area contributed by atoms with Gasteiger partial charge in [-0.15, -0.1) is 0 Å². The van der Waals surface area contributed by atoms with E-state index in [2.05, 4.69) is 15.3 Å². The van der Waals surface area contributed by atoms with E-state index in [0.717, 1.165) is 17.7 Å². The van der Waals surface area contributed by atoms with Crippen molar-refractivity contribution in [3.05, 3.63) is 76.7 Å². The van der Waals surface area contributed by atoms with Gasteiger partial charge >= 0.3 is 5.97 Å². The minimum absolute atomic E-state index is 0.0549. The zero-order valence-electron chi connectivity index (χ0n) is 20.0. The molecule has 0 bridgehead atoms. The number of hydrogen-bond acceptors (Lipinski definition) is 7. The van der Waals surface area contributed by atoms with Crippen LogP contribution in [0.15, 0.2) is 47.4 Å². The molecular formula is C26H23F3N4O4S. The maximum absolute atomic E-state index is 14.8. The first kappa shape index (κ1) is 25.7. The molecule has 0 fully saturated rings. The third kappa shape index (κ3) is 5.35. The molecule has 5 rings (SSSR count). The van der Waals surface area contributed by atoms with Crippen molar-refractivity contribution < 1.29 is 31.5 Å². The first-order valence-electron chi connectivity index (χ1n) is 11.9. The van der Waals surface area contributed by atoms with Crippen LogP contribution in [0.4, 0.5) is 30.6 Å². The van der Waals surface area contributed by atoms with Gasteiger partial charge in [-0.2, -0.15) is 4.98 Å². The second kappa shape index (κ2) is 10.1. The number of aliphatic carboxylic acids is 1. The number of halogens is 3. The van der Waals surface area contributed by atoms with Gasteiger partial charge in [-0.1, -0.05) is 12.1 Å². The third-order valence-corrected chi connectivity index (χ3v) is 8.31. The fourth-order valence-corrected chi connectivity index (χ4v) is 6.29. The molecule has 198 valence electrons. The Morgan fingerprint density at radius 3 is 2.47 bits per heavy atom. The summed E-state index contributed by atoms with van der Waals surface area (Å²) in [5.74, 6) is -3.09. The molecule has 3 aromatic rings. The number of carboxylic acids is 1. The van der Waals surface area contributed by atoms with Gasteiger partial charge in [-0.3, -0.25) is 4.79 Å². The molecule has 8 nitrogen and oxygen atoms in total. The fourth-order valence-electron chi connectivity index (χ4n) is 4.66. The maximum Gasteiger partial charge on any atom is 0.307 e. The summed E-state index contributed by atoms with van der Waals surface area (Å²) in [6.45, 7) is 0.726. The first-order valence-corrected chi connectivity index (χ1v) is 13.6. The number of sulfone groups is 1. The molecule has 38 heavy (non-hydrogen) atoms. The number of carboxylic acid groups (broad SMARTS) is 1. The van der Waals surface area contributed by atoms with Crippen molar-refractivity contribution in [2.75, 3.05) is 29.1 Å². The van der Waals surface area contributed by atoms with Crippen molar-refractivity contribution in [3.8, 4) is 0 Å². The van der Waals surface area contributed by atoms with E-state index in [9.17, 15) is 26.4 Å². The lowest BCUT2D eigenvalue weighted by Crippen LogP contribution is -2.31. The highest BCUT2D eigenvalue weighted by Crippen LogP contribution is 2.35. The smallest absolute Gasteiger partial charge is 0.307 e. The Morgan fingerprint density at radius 1 is 1.05 bits per heavy atom. The van der Waals surface area contributed by atoms with Crippen LogP contribution in [-0.4, -0.2) is 48.3 Å². The molecule has 0 amide bonds. The van der Waals surface area contributed by atoms with Crippen molar-refractivity contribution in [2.45, 2.75) is 30.6 Å². The summed E-state index contributed by atoms with van der Waals surface area (Å²) in [6, 6.07) is 7.20. The topological polar surface area (TPSA) is 112 Å². The number of nitrogens with one attached hydrogen (secondary N) is 1. The zero-order valence-corrected chi connectivity index (χ0v) is 20.9. The van der Waals surface area contributed by atoms with Gasteiger partial charge in [-0.25, -0.2) is 26.6 Å². The Balaban J connectivity index is 1.48. The van der Waals surface area contributed by atoms with Gasteiger partial charge in [0.1, 0.15) is 22.3 Å². The van der Waals surface area contributed by atoms with E-state index in [-0.39, 0.29) is 40.1 Å². The van der Waals surface area contributed by atoms with Crippen LogP contribution in [0.25, 0.3) is 5.57 Å². The first-order chi connectivity index (χ1) is 18.1. The number of rotatable bonds is 6. The standard InChI is InChI=1S/C26H23F3N4O4S/c27-18-12-17(13-19(28)14-18)16-5-7-33(8-6-16)26-31-22-2-1-9-38(36,37)24(22)25(32-26)30-21-4-3-15(10-20(21)29)11-23(34)35/h3-5,10,12-14H,1-2,6-9,11H2,(H,34,35)(H,30,31,32). The second-order valence-electron chi connectivity index (χ2n) is 9.16. The summed E-state index contributed by atoms with van der Waals surface area (Å²) in [4.78, 5) is 21.6. The molecule has 2 aromatic carbocycles. The van der Waals surface area contributed by atoms with Crippen LogP contribution >= 0.6 is 0 Å². The number of carbonyl (C=O) groups is 1. The van der Waals surface area contributed by atoms with Gasteiger partial charge in [-0.05, 0) is 60.2 Å². The van der Waals surface area contributed by atoms with E-state index >= 15 is 0 Å². The molecule has 3 heterocycles. The number of fused-ring (bicyclic) bond motifs is 1. The van der Waals surface area contributed by atoms with Crippen LogP contribution in [-0.2, 0) is 27.5 Å². The lowest BCUT2D eigenvalue weighted by molar-refractivity contribution is -0.136. The van der Waals surface area contributed by atoms with Crippen molar-refractivity contribution in [1.29, 1.82) is 0 Å². The average Bonchev–Trinajstić information content (AvgIpc) is 2.84. The van der Waals surface area contributed by atoms with Gasteiger partial charge in [0.15, 0.2) is 15.7 Å². The Hall–Kier alpha value is -3.93. The molecule has 2 N–H and O–H groups in total. The second-order valence-corrected chi connectivity index (χ2v) is 11.2. The number of aryl methyl sites for hydroxylation is 1. The predicted octanol–water partition coefficient (Wildman–Crippen LogP) is 4.28. The number of hydrogen-bond donors (Lipinski definition) is 2. The monoisotopic (exact) mass is 544 g/mol. The molecule has 0 radical (unpaired) electrons. The molecule has 2 aliphatic heterocycles. The Labute approximate surface area is 216 Å². The predicted molar refractivity (Wildman–Crippen MR) is 135 cm³/mol. The fraction of sp³-hybridized carbons (Fsp3) is 0.269. The van der Waals surface area contributed by atoms with Crippen molar-refractivity contribution in [1.82, 2.24) is 9.97 Å². The van der Waals surface area contributed by atoms with Crippen LogP contribution in [0.5, 0.6) is 0 Å². The van der Waals surface area contributed by atoms with Gasteiger partial charge in [0.2, 0.25) is 5.95 Å². The highest BCUT2D eigenvalue weighted by Gasteiger charge is 2.31. The van der Waals surface area contributed by atoms with Crippen LogP contribution in [0.1, 0.15) is 29.7 Å². The highest BCUT2D eigenvalue weighted by molar-refractivity contribution is 7.91. The van der Waals surface area contributed by atoms with Gasteiger partial charge < -0.3 is 15.3 Å². The van der Waals surface area contributed by atoms with Crippen LogP contribution < -0.4 is 10.2 Å². The molecule has 2 aliphatic rings. The van der Waals surface area contributed by atoms with Crippen LogP contribution in [0.3, 0.4) is 0 Å². The van der Waals surface area contributed by atoms with Crippen LogP contribution in [0.2, 0.25) is 0 Å². The third-order valence-electron chi connectivity index (χ3n) is 6.43. The van der Waals surface area contributed by atoms with E-state index in [0.29, 0.717) is 43.6 Å². The van der Waals surface area contributed by atoms with Crippen molar-refractivity contribution in [2.24, 2.45) is 0 Å². The molecular weight excluding hydrogens is 521 g/mol. The summed E-state index contributed by atoms with van der Waals surface area (Å²) in [5, 5.41) is 11.7. The van der Waals surface area contributed by atoms with Crippen molar-refractivity contribution >= 4 is 38.8 Å². The van der Waals surface area contributed by atoms with E-state index in [1.54, 1.807) is 4.90 Å². The summed E-state index contributed by atoms with van der Waals surface area (Å²) in [5.41, 5.74) is 1.74. The largest absolute Gasteiger partial charge is 0.481 e. The van der Waals surface area contributed by atoms with E-state index in [4.69, 9.17) is 5.11 Å². The van der Waals surface area contributed by atoms with Gasteiger partial charge in [0, 0.05) is 19.2 Å². The zero-order chi connectivity index (χ0) is 27.0.